The average molecular weight is 300 g/mol. The van der Waals surface area contributed by atoms with E-state index >= 15 is 0 Å². The lowest BCUT2D eigenvalue weighted by molar-refractivity contribution is 0.157. The Kier molecular flexibility index (Phi) is 3.99. The third-order valence-electron chi connectivity index (χ3n) is 3.29. The van der Waals surface area contributed by atoms with Crippen molar-refractivity contribution >= 4 is 11.6 Å². The number of imidazole rings is 1. The van der Waals surface area contributed by atoms with Gasteiger partial charge in [-0.3, -0.25) is 4.98 Å². The van der Waals surface area contributed by atoms with Gasteiger partial charge < -0.3 is 9.67 Å². The Bertz CT molecular complexity index is 727. The summed E-state index contributed by atoms with van der Waals surface area (Å²) in [6.45, 7) is 0.390. The summed E-state index contributed by atoms with van der Waals surface area (Å²) in [5, 5.41) is 11.0. The van der Waals surface area contributed by atoms with Crippen LogP contribution in [-0.2, 0) is 6.54 Å². The smallest absolute Gasteiger partial charge is 0.140 e. The lowest BCUT2D eigenvalue weighted by Gasteiger charge is -2.15. The van der Waals surface area contributed by atoms with Gasteiger partial charge >= 0.3 is 0 Å². The minimum Gasteiger partial charge on any atom is -0.386 e. The molecule has 0 bridgehead atoms. The topological polar surface area (TPSA) is 50.9 Å². The van der Waals surface area contributed by atoms with Crippen molar-refractivity contribution in [2.75, 3.05) is 0 Å². The maximum atomic E-state index is 10.4. The highest BCUT2D eigenvalue weighted by Crippen LogP contribution is 2.25. The van der Waals surface area contributed by atoms with Gasteiger partial charge in [0.25, 0.3) is 0 Å². The largest absolute Gasteiger partial charge is 0.386 e. The molecule has 0 aliphatic rings. The number of aliphatic hydroxyl groups excluding tert-OH is 1. The molecule has 0 fully saturated rings. The predicted octanol–water partition coefficient (Wildman–Crippen LogP) is 3.33. The molecule has 21 heavy (non-hydrogen) atoms. The van der Waals surface area contributed by atoms with Crippen LogP contribution in [0.1, 0.15) is 11.7 Å². The van der Waals surface area contributed by atoms with Gasteiger partial charge in [0.2, 0.25) is 0 Å². The van der Waals surface area contributed by atoms with Crippen molar-refractivity contribution in [2.45, 2.75) is 12.6 Å². The Balaban J connectivity index is 1.87. The van der Waals surface area contributed by atoms with Gasteiger partial charge in [-0.15, -0.1) is 0 Å². The fourth-order valence-electron chi connectivity index (χ4n) is 2.25. The van der Waals surface area contributed by atoms with Crippen molar-refractivity contribution in [3.05, 3.63) is 71.8 Å². The number of hydrogen-bond acceptors (Lipinski definition) is 3. The van der Waals surface area contributed by atoms with Gasteiger partial charge in [0.05, 0.1) is 12.6 Å². The molecule has 0 aliphatic heterocycles. The van der Waals surface area contributed by atoms with Crippen LogP contribution in [0, 0.1) is 0 Å². The quantitative estimate of drug-likeness (QED) is 0.804. The second kappa shape index (κ2) is 6.08. The normalized spacial score (nSPS) is 12.3. The van der Waals surface area contributed by atoms with Crippen LogP contribution in [0.5, 0.6) is 0 Å². The van der Waals surface area contributed by atoms with Gasteiger partial charge in [0.1, 0.15) is 5.82 Å². The lowest BCUT2D eigenvalue weighted by atomic mass is 10.1. The van der Waals surface area contributed by atoms with Crippen LogP contribution < -0.4 is 0 Å². The van der Waals surface area contributed by atoms with Crippen LogP contribution in [0.2, 0.25) is 5.02 Å². The van der Waals surface area contributed by atoms with Crippen LogP contribution in [0.15, 0.2) is 61.2 Å². The zero-order chi connectivity index (χ0) is 14.7. The Morgan fingerprint density at radius 2 is 1.86 bits per heavy atom. The molecule has 1 unspecified atom stereocenters. The summed E-state index contributed by atoms with van der Waals surface area (Å²) in [5.74, 6) is 0.795. The first kappa shape index (κ1) is 13.8. The van der Waals surface area contributed by atoms with Gasteiger partial charge in [-0.05, 0) is 18.2 Å². The number of benzene rings is 1. The Labute approximate surface area is 127 Å². The molecule has 0 saturated carbocycles. The third-order valence-corrected chi connectivity index (χ3v) is 3.63. The fraction of sp³-hybridized carbons (Fsp3) is 0.125. The second-order valence-electron chi connectivity index (χ2n) is 4.68. The Hall–Kier alpha value is -2.17. The molecular formula is C16H14ClN3O. The summed E-state index contributed by atoms with van der Waals surface area (Å²) in [6.07, 6.45) is 6.32. The van der Waals surface area contributed by atoms with Crippen LogP contribution in [0.25, 0.3) is 11.4 Å². The molecular weight excluding hydrogens is 286 g/mol. The van der Waals surface area contributed by atoms with Gasteiger partial charge in [0, 0.05) is 40.9 Å². The molecule has 3 rings (SSSR count). The van der Waals surface area contributed by atoms with Crippen molar-refractivity contribution in [3.8, 4) is 11.4 Å². The zero-order valence-corrected chi connectivity index (χ0v) is 12.0. The molecule has 0 amide bonds. The summed E-state index contributed by atoms with van der Waals surface area (Å²) in [4.78, 5) is 8.35. The Morgan fingerprint density at radius 3 is 2.62 bits per heavy atom. The van der Waals surface area contributed by atoms with E-state index in [1.807, 2.05) is 41.1 Å². The second-order valence-corrected chi connectivity index (χ2v) is 5.08. The number of aliphatic hydroxyl groups is 1. The van der Waals surface area contributed by atoms with E-state index in [2.05, 4.69) is 9.97 Å². The van der Waals surface area contributed by atoms with Crippen molar-refractivity contribution in [3.63, 3.8) is 0 Å². The third kappa shape index (κ3) is 2.96. The summed E-state index contributed by atoms with van der Waals surface area (Å²) in [6, 6.07) is 11.1. The fourth-order valence-corrected chi connectivity index (χ4v) is 2.51. The number of halogens is 1. The van der Waals surface area contributed by atoms with E-state index in [-0.39, 0.29) is 0 Å². The number of rotatable bonds is 4. The number of hydrogen-bond donors (Lipinski definition) is 1. The molecule has 0 spiro atoms. The van der Waals surface area contributed by atoms with Crippen molar-refractivity contribution in [1.82, 2.24) is 14.5 Å². The van der Waals surface area contributed by atoms with Crippen LogP contribution in [-0.4, -0.2) is 19.6 Å². The van der Waals surface area contributed by atoms with E-state index in [1.54, 1.807) is 24.7 Å². The van der Waals surface area contributed by atoms with E-state index in [0.29, 0.717) is 17.1 Å². The molecule has 0 radical (unpaired) electrons. The molecule has 106 valence electrons. The first-order valence-corrected chi connectivity index (χ1v) is 6.97. The molecule has 1 N–H and O–H groups in total. The highest BCUT2D eigenvalue weighted by Gasteiger charge is 2.14. The summed E-state index contributed by atoms with van der Waals surface area (Å²) in [7, 11) is 0. The molecule has 0 aliphatic carbocycles. The van der Waals surface area contributed by atoms with E-state index in [9.17, 15) is 5.11 Å². The summed E-state index contributed by atoms with van der Waals surface area (Å²) in [5.41, 5.74) is 1.68. The molecule has 5 heteroatoms. The number of aromatic nitrogens is 3. The lowest BCUT2D eigenvalue weighted by Crippen LogP contribution is -2.09. The van der Waals surface area contributed by atoms with Gasteiger partial charge in [-0.2, -0.15) is 0 Å². The minimum atomic E-state index is -0.687. The number of pyridine rings is 1. The van der Waals surface area contributed by atoms with E-state index in [4.69, 9.17) is 11.6 Å². The molecule has 1 atom stereocenters. The first-order valence-electron chi connectivity index (χ1n) is 6.60. The predicted molar refractivity (Wildman–Crippen MR) is 81.9 cm³/mol. The van der Waals surface area contributed by atoms with Crippen molar-refractivity contribution in [1.29, 1.82) is 0 Å². The van der Waals surface area contributed by atoms with E-state index in [1.165, 1.54) is 0 Å². The Morgan fingerprint density at radius 1 is 1.10 bits per heavy atom. The van der Waals surface area contributed by atoms with Crippen LogP contribution >= 0.6 is 11.6 Å². The molecule has 2 aromatic heterocycles. The van der Waals surface area contributed by atoms with Gasteiger partial charge in [-0.25, -0.2) is 4.98 Å². The number of nitrogens with zero attached hydrogens (tertiary/aromatic N) is 3. The maximum Gasteiger partial charge on any atom is 0.140 e. The van der Waals surface area contributed by atoms with Gasteiger partial charge in [-0.1, -0.05) is 29.8 Å². The van der Waals surface area contributed by atoms with Crippen LogP contribution in [0.4, 0.5) is 0 Å². The molecule has 2 heterocycles. The molecule has 0 saturated heterocycles. The van der Waals surface area contributed by atoms with Crippen LogP contribution in [0.3, 0.4) is 0 Å². The summed E-state index contributed by atoms with van der Waals surface area (Å²) >= 11 is 6.12. The van der Waals surface area contributed by atoms with Gasteiger partial charge in [0.15, 0.2) is 0 Å². The molecule has 4 nitrogen and oxygen atoms in total. The highest BCUT2D eigenvalue weighted by atomic mass is 35.5. The highest BCUT2D eigenvalue weighted by molar-refractivity contribution is 6.31. The molecule has 3 aromatic rings. The van der Waals surface area contributed by atoms with Crippen molar-refractivity contribution < 1.29 is 5.11 Å². The zero-order valence-electron chi connectivity index (χ0n) is 11.2. The maximum absolute atomic E-state index is 10.4. The van der Waals surface area contributed by atoms with E-state index < -0.39 is 6.10 Å². The SMILES string of the molecule is OC(Cn1ccnc1-c1ccncc1)c1ccccc1Cl. The average Bonchev–Trinajstić information content (AvgIpc) is 2.96. The summed E-state index contributed by atoms with van der Waals surface area (Å²) < 4.78 is 1.91. The van der Waals surface area contributed by atoms with E-state index in [0.717, 1.165) is 11.4 Å². The molecule has 1 aromatic carbocycles. The standard InChI is InChI=1S/C16H14ClN3O/c17-14-4-2-1-3-13(14)15(21)11-20-10-9-19-16(20)12-5-7-18-8-6-12/h1-10,15,21H,11H2. The van der Waals surface area contributed by atoms with Crippen molar-refractivity contribution in [2.24, 2.45) is 0 Å². The minimum absolute atomic E-state index is 0.390. The monoisotopic (exact) mass is 299 g/mol. The first-order chi connectivity index (χ1) is 10.3.